The van der Waals surface area contributed by atoms with E-state index in [1.165, 1.54) is 4.31 Å². The van der Waals surface area contributed by atoms with Crippen LogP contribution < -0.4 is 11.1 Å². The molecule has 0 aliphatic carbocycles. The highest BCUT2D eigenvalue weighted by Crippen LogP contribution is 1.98. The van der Waals surface area contributed by atoms with Crippen LogP contribution in [0.1, 0.15) is 20.3 Å². The van der Waals surface area contributed by atoms with E-state index in [2.05, 4.69) is 10.1 Å². The Labute approximate surface area is 119 Å². The number of sulfonamides is 1. The summed E-state index contributed by atoms with van der Waals surface area (Å²) >= 11 is 0. The molecule has 0 heterocycles. The quantitative estimate of drug-likeness (QED) is 0.309. The molecule has 9 heteroatoms. The largest absolute Gasteiger partial charge is 0.464 e. The van der Waals surface area contributed by atoms with E-state index in [4.69, 9.17) is 5.73 Å². The second kappa shape index (κ2) is 8.88. The molecule has 0 aliphatic heterocycles. The standard InChI is InChI=1S/C11H23N3O5S/c1-4-14(20(3,17)18)8-6-7-13-10(15)9(12)11(16)19-5-2/h9H,4-8,12H2,1-3H3,(H,13,15). The monoisotopic (exact) mass is 309 g/mol. The first-order valence-electron chi connectivity index (χ1n) is 6.39. The fourth-order valence-electron chi connectivity index (χ4n) is 1.47. The summed E-state index contributed by atoms with van der Waals surface area (Å²) in [6, 6.07) is -1.35. The molecular formula is C11H23N3O5S. The Morgan fingerprint density at radius 1 is 1.35 bits per heavy atom. The first-order chi connectivity index (χ1) is 9.23. The minimum Gasteiger partial charge on any atom is -0.464 e. The van der Waals surface area contributed by atoms with Crippen LogP contribution in [0.2, 0.25) is 0 Å². The molecule has 1 unspecified atom stereocenters. The van der Waals surface area contributed by atoms with Gasteiger partial charge in [-0.3, -0.25) is 4.79 Å². The number of nitrogens with one attached hydrogen (secondary N) is 1. The van der Waals surface area contributed by atoms with Gasteiger partial charge in [0.05, 0.1) is 12.9 Å². The summed E-state index contributed by atoms with van der Waals surface area (Å²) in [5.74, 6) is -1.41. The number of hydrogen-bond acceptors (Lipinski definition) is 6. The van der Waals surface area contributed by atoms with Gasteiger partial charge in [0.1, 0.15) is 0 Å². The van der Waals surface area contributed by atoms with E-state index >= 15 is 0 Å². The number of ether oxygens (including phenoxy) is 1. The third-order valence-electron chi connectivity index (χ3n) is 2.53. The van der Waals surface area contributed by atoms with Crippen molar-refractivity contribution < 1.29 is 22.7 Å². The van der Waals surface area contributed by atoms with Crippen LogP contribution in [-0.2, 0) is 24.3 Å². The molecule has 0 aromatic rings. The number of amides is 1. The summed E-state index contributed by atoms with van der Waals surface area (Å²) in [6.45, 7) is 4.40. The molecule has 0 fully saturated rings. The first-order valence-corrected chi connectivity index (χ1v) is 8.23. The zero-order chi connectivity index (χ0) is 15.8. The van der Waals surface area contributed by atoms with Crippen molar-refractivity contribution in [3.05, 3.63) is 0 Å². The maximum absolute atomic E-state index is 11.5. The van der Waals surface area contributed by atoms with Crippen LogP contribution in [0.5, 0.6) is 0 Å². The number of hydrogen-bond donors (Lipinski definition) is 2. The summed E-state index contributed by atoms with van der Waals surface area (Å²) in [7, 11) is -3.23. The molecule has 1 amide bonds. The molecule has 0 bridgehead atoms. The van der Waals surface area contributed by atoms with E-state index in [-0.39, 0.29) is 13.2 Å². The van der Waals surface area contributed by atoms with Crippen molar-refractivity contribution in [2.24, 2.45) is 5.73 Å². The van der Waals surface area contributed by atoms with Gasteiger partial charge in [0.2, 0.25) is 15.9 Å². The summed E-state index contributed by atoms with van der Waals surface area (Å²) in [5, 5.41) is 2.47. The average molecular weight is 309 g/mol. The van der Waals surface area contributed by atoms with Gasteiger partial charge in [0.15, 0.2) is 6.04 Å². The molecule has 0 aromatic carbocycles. The first kappa shape index (κ1) is 18.8. The van der Waals surface area contributed by atoms with Crippen molar-refractivity contribution in [2.75, 3.05) is 32.5 Å². The van der Waals surface area contributed by atoms with Gasteiger partial charge in [-0.25, -0.2) is 17.5 Å². The Balaban J connectivity index is 4.07. The number of carbonyl (C=O) groups excluding carboxylic acids is 2. The predicted octanol–water partition coefficient (Wildman–Crippen LogP) is -1.34. The number of rotatable bonds is 9. The van der Waals surface area contributed by atoms with Crippen LogP contribution in [0.4, 0.5) is 0 Å². The minimum absolute atomic E-state index is 0.152. The molecule has 0 radical (unpaired) electrons. The Morgan fingerprint density at radius 2 is 1.95 bits per heavy atom. The summed E-state index contributed by atoms with van der Waals surface area (Å²) < 4.78 is 28.5. The Hall–Kier alpha value is -1.19. The van der Waals surface area contributed by atoms with Gasteiger partial charge in [-0.05, 0) is 13.3 Å². The van der Waals surface area contributed by atoms with E-state index in [0.29, 0.717) is 19.5 Å². The lowest BCUT2D eigenvalue weighted by Crippen LogP contribution is -2.47. The molecule has 0 saturated heterocycles. The van der Waals surface area contributed by atoms with E-state index in [0.717, 1.165) is 6.26 Å². The van der Waals surface area contributed by atoms with Gasteiger partial charge < -0.3 is 15.8 Å². The zero-order valence-corrected chi connectivity index (χ0v) is 12.9. The van der Waals surface area contributed by atoms with Crippen LogP contribution in [0.3, 0.4) is 0 Å². The molecule has 0 aromatic heterocycles. The van der Waals surface area contributed by atoms with Gasteiger partial charge >= 0.3 is 5.97 Å². The van der Waals surface area contributed by atoms with Crippen LogP contribution in [-0.4, -0.2) is 63.1 Å². The Morgan fingerprint density at radius 3 is 2.40 bits per heavy atom. The molecule has 0 saturated carbocycles. The molecule has 0 aliphatic rings. The maximum Gasteiger partial charge on any atom is 0.332 e. The summed E-state index contributed by atoms with van der Waals surface area (Å²) in [5.41, 5.74) is 5.39. The topological polar surface area (TPSA) is 119 Å². The zero-order valence-electron chi connectivity index (χ0n) is 12.1. The second-order valence-corrected chi connectivity index (χ2v) is 6.11. The number of carbonyl (C=O) groups is 2. The van der Waals surface area contributed by atoms with E-state index in [1.54, 1.807) is 13.8 Å². The van der Waals surface area contributed by atoms with Gasteiger partial charge in [0.25, 0.3) is 0 Å². The fourth-order valence-corrected chi connectivity index (χ4v) is 2.40. The lowest BCUT2D eigenvalue weighted by molar-refractivity contribution is -0.147. The van der Waals surface area contributed by atoms with E-state index in [1.807, 2.05) is 0 Å². The molecule has 8 nitrogen and oxygen atoms in total. The molecule has 118 valence electrons. The van der Waals surface area contributed by atoms with E-state index < -0.39 is 27.9 Å². The third-order valence-corrected chi connectivity index (χ3v) is 3.91. The summed E-state index contributed by atoms with van der Waals surface area (Å²) in [6.07, 6.45) is 1.56. The molecule has 20 heavy (non-hydrogen) atoms. The lowest BCUT2D eigenvalue weighted by atomic mass is 10.3. The van der Waals surface area contributed by atoms with Crippen molar-refractivity contribution in [3.63, 3.8) is 0 Å². The normalized spacial score (nSPS) is 13.1. The average Bonchev–Trinajstić information content (AvgIpc) is 2.36. The van der Waals surface area contributed by atoms with Gasteiger partial charge in [0, 0.05) is 19.6 Å². The molecule has 0 spiro atoms. The van der Waals surface area contributed by atoms with Crippen molar-refractivity contribution in [3.8, 4) is 0 Å². The highest BCUT2D eigenvalue weighted by molar-refractivity contribution is 7.88. The molecule has 3 N–H and O–H groups in total. The predicted molar refractivity (Wildman–Crippen MR) is 74.3 cm³/mol. The Bertz CT molecular complexity index is 424. The molecule has 0 rings (SSSR count). The van der Waals surface area contributed by atoms with Crippen LogP contribution >= 0.6 is 0 Å². The fraction of sp³-hybridized carbons (Fsp3) is 0.818. The van der Waals surface area contributed by atoms with Gasteiger partial charge in [-0.1, -0.05) is 6.92 Å². The number of nitrogens with zero attached hydrogens (tertiary/aromatic N) is 1. The van der Waals surface area contributed by atoms with Crippen LogP contribution in [0.25, 0.3) is 0 Å². The number of nitrogens with two attached hydrogens (primary N) is 1. The van der Waals surface area contributed by atoms with Crippen molar-refractivity contribution in [1.82, 2.24) is 9.62 Å². The summed E-state index contributed by atoms with van der Waals surface area (Å²) in [4.78, 5) is 22.7. The maximum atomic E-state index is 11.5. The van der Waals surface area contributed by atoms with E-state index in [9.17, 15) is 18.0 Å². The van der Waals surface area contributed by atoms with Crippen molar-refractivity contribution in [1.29, 1.82) is 0 Å². The van der Waals surface area contributed by atoms with Crippen molar-refractivity contribution in [2.45, 2.75) is 26.3 Å². The molecule has 1 atom stereocenters. The highest BCUT2D eigenvalue weighted by Gasteiger charge is 2.23. The van der Waals surface area contributed by atoms with Gasteiger partial charge in [-0.15, -0.1) is 0 Å². The number of esters is 1. The second-order valence-electron chi connectivity index (χ2n) is 4.13. The van der Waals surface area contributed by atoms with Gasteiger partial charge in [-0.2, -0.15) is 0 Å². The lowest BCUT2D eigenvalue weighted by Gasteiger charge is -2.18. The van der Waals surface area contributed by atoms with Crippen molar-refractivity contribution >= 4 is 21.9 Å². The van der Waals surface area contributed by atoms with Crippen LogP contribution in [0, 0.1) is 0 Å². The highest BCUT2D eigenvalue weighted by atomic mass is 32.2. The van der Waals surface area contributed by atoms with Crippen LogP contribution in [0.15, 0.2) is 0 Å². The third kappa shape index (κ3) is 6.83. The smallest absolute Gasteiger partial charge is 0.332 e. The Kier molecular flexibility index (Phi) is 8.35. The molecular weight excluding hydrogens is 286 g/mol. The SMILES string of the molecule is CCOC(=O)C(N)C(=O)NCCCN(CC)S(C)(=O)=O. The minimum atomic E-state index is -3.23.